The Labute approximate surface area is 110 Å². The minimum Gasteiger partial charge on any atom is -0.312 e. The van der Waals surface area contributed by atoms with Gasteiger partial charge in [-0.2, -0.15) is 0 Å². The predicted octanol–water partition coefficient (Wildman–Crippen LogP) is 4.36. The zero-order valence-electron chi connectivity index (χ0n) is 10.6. The number of para-hydroxylation sites is 1. The molecule has 0 aliphatic carbocycles. The van der Waals surface area contributed by atoms with Crippen LogP contribution in [0.4, 0.5) is 5.69 Å². The second-order valence-corrected chi connectivity index (χ2v) is 6.45. The van der Waals surface area contributed by atoms with Gasteiger partial charge in [-0.3, -0.25) is 0 Å². The van der Waals surface area contributed by atoms with Crippen LogP contribution in [-0.4, -0.2) is 0 Å². The van der Waals surface area contributed by atoms with Crippen molar-refractivity contribution in [3.05, 3.63) is 35.2 Å². The molecule has 2 aromatic rings. The molecule has 0 bridgehead atoms. The van der Waals surface area contributed by atoms with Crippen LogP contribution in [0.25, 0.3) is 10.4 Å². The topological polar surface area (TPSA) is 30.5 Å². The van der Waals surface area contributed by atoms with Gasteiger partial charge in [0.05, 0.1) is 0 Å². The summed E-state index contributed by atoms with van der Waals surface area (Å²) in [5.41, 5.74) is 5.00. The Bertz CT molecular complexity index is 584. The number of fused-ring (bicyclic) bond motifs is 1. The molecule has 1 aromatic carbocycles. The standard InChI is InChI=1S/C14H15NO2S/c1-14(2,3)12-8-7-11(18-12)9-5-4-6-10-13(9)15-17-16-10/h4-8,15H,1-3H3. The Balaban J connectivity index is 2.06. The van der Waals surface area contributed by atoms with E-state index in [4.69, 9.17) is 9.88 Å². The number of hydrogen-bond acceptors (Lipinski definition) is 4. The fourth-order valence-corrected chi connectivity index (χ4v) is 3.00. The van der Waals surface area contributed by atoms with Gasteiger partial charge in [0.2, 0.25) is 0 Å². The van der Waals surface area contributed by atoms with E-state index in [9.17, 15) is 0 Å². The van der Waals surface area contributed by atoms with Crippen LogP contribution in [0.5, 0.6) is 5.75 Å². The molecule has 94 valence electrons. The van der Waals surface area contributed by atoms with E-state index in [2.05, 4.69) is 44.5 Å². The third-order valence-electron chi connectivity index (χ3n) is 2.91. The van der Waals surface area contributed by atoms with Crippen LogP contribution in [0, 0.1) is 0 Å². The molecule has 1 aliphatic heterocycles. The van der Waals surface area contributed by atoms with Crippen LogP contribution >= 0.6 is 11.3 Å². The van der Waals surface area contributed by atoms with Gasteiger partial charge in [-0.05, 0) is 23.6 Å². The average molecular weight is 261 g/mol. The molecule has 2 heterocycles. The van der Waals surface area contributed by atoms with Gasteiger partial charge in [-0.1, -0.05) is 37.9 Å². The van der Waals surface area contributed by atoms with Crippen LogP contribution in [0.3, 0.4) is 0 Å². The SMILES string of the molecule is CC(C)(C)c1ccc(-c2cccc3c2NOO3)s1. The van der Waals surface area contributed by atoms with Crippen LogP contribution in [0.1, 0.15) is 25.6 Å². The molecular weight excluding hydrogens is 246 g/mol. The Hall–Kier alpha value is -1.52. The van der Waals surface area contributed by atoms with Gasteiger partial charge in [0.1, 0.15) is 5.69 Å². The molecule has 0 saturated carbocycles. The van der Waals surface area contributed by atoms with Gasteiger partial charge in [0, 0.05) is 15.3 Å². The molecule has 0 unspecified atom stereocenters. The molecule has 1 N–H and O–H groups in total. The summed E-state index contributed by atoms with van der Waals surface area (Å²) in [7, 11) is 0. The first-order valence-corrected chi connectivity index (χ1v) is 6.70. The summed E-state index contributed by atoms with van der Waals surface area (Å²) in [4.78, 5) is 12.4. The first-order chi connectivity index (χ1) is 8.55. The maximum atomic E-state index is 5.03. The van der Waals surface area contributed by atoms with Crippen molar-refractivity contribution in [1.82, 2.24) is 0 Å². The van der Waals surface area contributed by atoms with Crippen molar-refractivity contribution in [3.8, 4) is 16.2 Å². The molecule has 0 spiro atoms. The molecule has 0 fully saturated rings. The minimum absolute atomic E-state index is 0.182. The predicted molar refractivity (Wildman–Crippen MR) is 73.8 cm³/mol. The monoisotopic (exact) mass is 261 g/mol. The van der Waals surface area contributed by atoms with Gasteiger partial charge in [-0.25, -0.2) is 5.48 Å². The lowest BCUT2D eigenvalue weighted by Crippen LogP contribution is -2.07. The quantitative estimate of drug-likeness (QED) is 0.773. The van der Waals surface area contributed by atoms with E-state index < -0.39 is 0 Å². The Morgan fingerprint density at radius 1 is 1.11 bits per heavy atom. The van der Waals surface area contributed by atoms with Crippen LogP contribution < -0.4 is 10.4 Å². The maximum Gasteiger partial charge on any atom is 0.194 e. The van der Waals surface area contributed by atoms with E-state index >= 15 is 0 Å². The highest BCUT2D eigenvalue weighted by atomic mass is 32.1. The van der Waals surface area contributed by atoms with Crippen molar-refractivity contribution in [1.29, 1.82) is 0 Å². The number of thiophene rings is 1. The molecular formula is C14H15NO2S. The van der Waals surface area contributed by atoms with E-state index in [0.717, 1.165) is 17.0 Å². The summed E-state index contributed by atoms with van der Waals surface area (Å²) >= 11 is 1.81. The van der Waals surface area contributed by atoms with Gasteiger partial charge in [0.25, 0.3) is 0 Å². The molecule has 3 rings (SSSR count). The molecule has 0 saturated heterocycles. The summed E-state index contributed by atoms with van der Waals surface area (Å²) in [6, 6.07) is 10.3. The lowest BCUT2D eigenvalue weighted by atomic mass is 9.95. The third-order valence-corrected chi connectivity index (χ3v) is 4.46. The highest BCUT2D eigenvalue weighted by molar-refractivity contribution is 7.15. The molecule has 18 heavy (non-hydrogen) atoms. The highest BCUT2D eigenvalue weighted by Crippen LogP contribution is 2.43. The average Bonchev–Trinajstić information content (AvgIpc) is 2.96. The Kier molecular flexibility index (Phi) is 2.57. The van der Waals surface area contributed by atoms with Crippen LogP contribution in [0.2, 0.25) is 0 Å². The second-order valence-electron chi connectivity index (χ2n) is 5.36. The van der Waals surface area contributed by atoms with E-state index in [0.29, 0.717) is 0 Å². The smallest absolute Gasteiger partial charge is 0.194 e. The summed E-state index contributed by atoms with van der Waals surface area (Å²) < 4.78 is 0. The maximum absolute atomic E-state index is 5.03. The normalized spacial score (nSPS) is 13.9. The molecule has 1 aromatic heterocycles. The molecule has 0 atom stereocenters. The van der Waals surface area contributed by atoms with Crippen molar-refractivity contribution in [3.63, 3.8) is 0 Å². The largest absolute Gasteiger partial charge is 0.312 e. The number of anilines is 1. The van der Waals surface area contributed by atoms with Crippen LogP contribution in [-0.2, 0) is 10.4 Å². The van der Waals surface area contributed by atoms with Crippen molar-refractivity contribution < 1.29 is 9.88 Å². The lowest BCUT2D eigenvalue weighted by Gasteiger charge is -2.15. The van der Waals surface area contributed by atoms with E-state index in [-0.39, 0.29) is 5.41 Å². The number of hydrogen-bond donors (Lipinski definition) is 1. The van der Waals surface area contributed by atoms with Crippen molar-refractivity contribution >= 4 is 17.0 Å². The summed E-state index contributed by atoms with van der Waals surface area (Å²) in [5, 5.41) is 0. The second kappa shape index (κ2) is 4.00. The molecule has 0 radical (unpaired) electrons. The van der Waals surface area contributed by atoms with Crippen molar-refractivity contribution in [2.75, 3.05) is 5.48 Å². The molecule has 0 amide bonds. The van der Waals surface area contributed by atoms with Crippen LogP contribution in [0.15, 0.2) is 30.3 Å². The lowest BCUT2D eigenvalue weighted by molar-refractivity contribution is -0.160. The Morgan fingerprint density at radius 2 is 1.94 bits per heavy atom. The highest BCUT2D eigenvalue weighted by Gasteiger charge is 2.21. The summed E-state index contributed by atoms with van der Waals surface area (Å²) in [6.07, 6.45) is 0. The minimum atomic E-state index is 0.182. The molecule has 4 heteroatoms. The van der Waals surface area contributed by atoms with E-state index in [1.165, 1.54) is 9.75 Å². The first kappa shape index (κ1) is 11.6. The van der Waals surface area contributed by atoms with Gasteiger partial charge in [-0.15, -0.1) is 11.3 Å². The number of nitrogens with one attached hydrogen (secondary N) is 1. The number of benzene rings is 1. The summed E-state index contributed by atoms with van der Waals surface area (Å²) in [5.74, 6) is 0.734. The third kappa shape index (κ3) is 1.87. The van der Waals surface area contributed by atoms with Gasteiger partial charge in [0.15, 0.2) is 5.75 Å². The Morgan fingerprint density at radius 3 is 2.67 bits per heavy atom. The van der Waals surface area contributed by atoms with E-state index in [1.807, 2.05) is 23.5 Å². The van der Waals surface area contributed by atoms with E-state index in [1.54, 1.807) is 0 Å². The fraction of sp³-hybridized carbons (Fsp3) is 0.286. The van der Waals surface area contributed by atoms with Gasteiger partial charge < -0.3 is 4.89 Å². The summed E-state index contributed by atoms with van der Waals surface area (Å²) in [6.45, 7) is 6.67. The first-order valence-electron chi connectivity index (χ1n) is 5.89. The van der Waals surface area contributed by atoms with Crippen molar-refractivity contribution in [2.45, 2.75) is 26.2 Å². The molecule has 3 nitrogen and oxygen atoms in total. The zero-order chi connectivity index (χ0) is 12.8. The molecule has 1 aliphatic rings. The van der Waals surface area contributed by atoms with Crippen molar-refractivity contribution in [2.24, 2.45) is 0 Å². The van der Waals surface area contributed by atoms with Gasteiger partial charge >= 0.3 is 0 Å². The fourth-order valence-electron chi connectivity index (χ4n) is 1.90. The number of rotatable bonds is 1. The zero-order valence-corrected chi connectivity index (χ0v) is 11.4.